The third-order valence-electron chi connectivity index (χ3n) is 2.02. The summed E-state index contributed by atoms with van der Waals surface area (Å²) in [7, 11) is 0. The standard InChI is InChI=1S/C11H18N2S/c1-2-3-4-7-14-11-6-5-10(8-12)13-9-11/h5-6,9H,2-4,7-8,12H2,1H3. The lowest BCUT2D eigenvalue weighted by molar-refractivity contribution is 0.778. The number of rotatable bonds is 6. The predicted molar refractivity (Wildman–Crippen MR) is 62.4 cm³/mol. The molecule has 0 saturated carbocycles. The van der Waals surface area contributed by atoms with Crippen molar-refractivity contribution in [2.45, 2.75) is 37.6 Å². The molecule has 2 nitrogen and oxygen atoms in total. The van der Waals surface area contributed by atoms with Crippen molar-refractivity contribution in [3.05, 3.63) is 24.0 Å². The van der Waals surface area contributed by atoms with E-state index in [-0.39, 0.29) is 0 Å². The molecule has 1 rings (SSSR count). The maximum absolute atomic E-state index is 5.47. The minimum atomic E-state index is 0.529. The smallest absolute Gasteiger partial charge is 0.0540 e. The highest BCUT2D eigenvalue weighted by atomic mass is 32.2. The molecule has 1 aromatic heterocycles. The quantitative estimate of drug-likeness (QED) is 0.579. The molecule has 0 radical (unpaired) electrons. The number of thioether (sulfide) groups is 1. The zero-order chi connectivity index (χ0) is 10.2. The lowest BCUT2D eigenvalue weighted by atomic mass is 10.3. The van der Waals surface area contributed by atoms with Crippen LogP contribution in [0.2, 0.25) is 0 Å². The highest BCUT2D eigenvalue weighted by Crippen LogP contribution is 2.18. The van der Waals surface area contributed by atoms with E-state index >= 15 is 0 Å². The molecule has 3 heteroatoms. The van der Waals surface area contributed by atoms with E-state index in [4.69, 9.17) is 5.73 Å². The number of aromatic nitrogens is 1. The summed E-state index contributed by atoms with van der Waals surface area (Å²) in [6.07, 6.45) is 5.81. The largest absolute Gasteiger partial charge is 0.325 e. The first-order valence-corrected chi connectivity index (χ1v) is 6.13. The SMILES string of the molecule is CCCCCSc1ccc(CN)nc1. The van der Waals surface area contributed by atoms with Crippen molar-refractivity contribution < 1.29 is 0 Å². The molecule has 0 amide bonds. The monoisotopic (exact) mass is 210 g/mol. The highest BCUT2D eigenvalue weighted by molar-refractivity contribution is 7.99. The Labute approximate surface area is 90.3 Å². The molecule has 0 atom stereocenters. The van der Waals surface area contributed by atoms with Gasteiger partial charge in [-0.25, -0.2) is 0 Å². The molecule has 2 N–H and O–H groups in total. The summed E-state index contributed by atoms with van der Waals surface area (Å²) < 4.78 is 0. The van der Waals surface area contributed by atoms with E-state index in [1.54, 1.807) is 0 Å². The Balaban J connectivity index is 2.29. The van der Waals surface area contributed by atoms with E-state index in [0.717, 1.165) is 5.69 Å². The molecule has 14 heavy (non-hydrogen) atoms. The number of pyridine rings is 1. The first kappa shape index (κ1) is 11.5. The molecule has 0 spiro atoms. The average Bonchev–Trinajstić information content (AvgIpc) is 2.25. The number of nitrogens with two attached hydrogens (primary N) is 1. The van der Waals surface area contributed by atoms with Crippen LogP contribution in [0, 0.1) is 0 Å². The van der Waals surface area contributed by atoms with Gasteiger partial charge in [-0.1, -0.05) is 19.8 Å². The molecule has 78 valence electrons. The summed E-state index contributed by atoms with van der Waals surface area (Å²) in [5.74, 6) is 1.19. The summed E-state index contributed by atoms with van der Waals surface area (Å²) >= 11 is 1.88. The maximum Gasteiger partial charge on any atom is 0.0540 e. The Hall–Kier alpha value is -0.540. The molecule has 0 aliphatic heterocycles. The fourth-order valence-corrected chi connectivity index (χ4v) is 2.03. The van der Waals surface area contributed by atoms with Gasteiger partial charge >= 0.3 is 0 Å². The van der Waals surface area contributed by atoms with Gasteiger partial charge < -0.3 is 5.73 Å². The van der Waals surface area contributed by atoms with Gasteiger partial charge in [-0.2, -0.15) is 0 Å². The summed E-state index contributed by atoms with van der Waals surface area (Å²) in [6, 6.07) is 4.11. The second kappa shape index (κ2) is 6.85. The summed E-state index contributed by atoms with van der Waals surface area (Å²) in [5.41, 5.74) is 6.43. The van der Waals surface area contributed by atoms with Crippen LogP contribution in [-0.2, 0) is 6.54 Å². The molecule has 1 aromatic rings. The van der Waals surface area contributed by atoms with E-state index in [1.807, 2.05) is 24.0 Å². The minimum Gasteiger partial charge on any atom is -0.325 e. The molecule has 0 unspecified atom stereocenters. The van der Waals surface area contributed by atoms with Crippen molar-refractivity contribution >= 4 is 11.8 Å². The van der Waals surface area contributed by atoms with Crippen LogP contribution in [0.1, 0.15) is 31.9 Å². The van der Waals surface area contributed by atoms with Crippen LogP contribution in [-0.4, -0.2) is 10.7 Å². The normalized spacial score (nSPS) is 10.4. The number of hydrogen-bond acceptors (Lipinski definition) is 3. The van der Waals surface area contributed by atoms with Gasteiger partial charge in [-0.3, -0.25) is 4.98 Å². The van der Waals surface area contributed by atoms with E-state index in [0.29, 0.717) is 6.54 Å². The van der Waals surface area contributed by atoms with Crippen molar-refractivity contribution in [3.63, 3.8) is 0 Å². The maximum atomic E-state index is 5.47. The zero-order valence-electron chi connectivity index (χ0n) is 8.70. The van der Waals surface area contributed by atoms with Gasteiger partial charge in [0.05, 0.1) is 5.69 Å². The third-order valence-corrected chi connectivity index (χ3v) is 3.09. The van der Waals surface area contributed by atoms with Crippen molar-refractivity contribution in [1.29, 1.82) is 0 Å². The average molecular weight is 210 g/mol. The van der Waals surface area contributed by atoms with E-state index in [9.17, 15) is 0 Å². The van der Waals surface area contributed by atoms with Crippen LogP contribution in [0.3, 0.4) is 0 Å². The van der Waals surface area contributed by atoms with Gasteiger partial charge in [-0.15, -0.1) is 11.8 Å². The molecule has 0 aromatic carbocycles. The molecule has 0 saturated heterocycles. The van der Waals surface area contributed by atoms with Crippen molar-refractivity contribution in [2.75, 3.05) is 5.75 Å². The van der Waals surface area contributed by atoms with Crippen LogP contribution in [0.25, 0.3) is 0 Å². The van der Waals surface area contributed by atoms with Crippen molar-refractivity contribution in [2.24, 2.45) is 5.73 Å². The van der Waals surface area contributed by atoms with Gasteiger partial charge in [0, 0.05) is 17.6 Å². The Morgan fingerprint density at radius 3 is 2.79 bits per heavy atom. The van der Waals surface area contributed by atoms with E-state index in [1.165, 1.54) is 29.9 Å². The lowest BCUT2D eigenvalue weighted by Gasteiger charge is -2.01. The number of nitrogens with zero attached hydrogens (tertiary/aromatic N) is 1. The second-order valence-electron chi connectivity index (χ2n) is 3.24. The van der Waals surface area contributed by atoms with Gasteiger partial charge in [0.2, 0.25) is 0 Å². The molecule has 0 bridgehead atoms. The highest BCUT2D eigenvalue weighted by Gasteiger charge is 1.95. The molecule has 0 fully saturated rings. The number of hydrogen-bond donors (Lipinski definition) is 1. The van der Waals surface area contributed by atoms with Gasteiger partial charge in [0.1, 0.15) is 0 Å². The van der Waals surface area contributed by atoms with Crippen LogP contribution in [0.5, 0.6) is 0 Å². The number of unbranched alkanes of at least 4 members (excludes halogenated alkanes) is 2. The summed E-state index contributed by atoms with van der Waals surface area (Å²) in [4.78, 5) is 5.50. The fraction of sp³-hybridized carbons (Fsp3) is 0.545. The first-order chi connectivity index (χ1) is 6.86. The third kappa shape index (κ3) is 4.11. The van der Waals surface area contributed by atoms with Gasteiger partial charge in [-0.05, 0) is 24.3 Å². The lowest BCUT2D eigenvalue weighted by Crippen LogP contribution is -1.98. The second-order valence-corrected chi connectivity index (χ2v) is 4.41. The van der Waals surface area contributed by atoms with E-state index in [2.05, 4.69) is 18.0 Å². The summed E-state index contributed by atoms with van der Waals surface area (Å²) in [6.45, 7) is 2.75. The Morgan fingerprint density at radius 1 is 1.36 bits per heavy atom. The topological polar surface area (TPSA) is 38.9 Å². The fourth-order valence-electron chi connectivity index (χ4n) is 1.16. The van der Waals surface area contributed by atoms with Crippen LogP contribution >= 0.6 is 11.8 Å². The molecule has 1 heterocycles. The molecule has 0 aliphatic rings. The Morgan fingerprint density at radius 2 is 2.21 bits per heavy atom. The van der Waals surface area contributed by atoms with Gasteiger partial charge in [0.25, 0.3) is 0 Å². The predicted octanol–water partition coefficient (Wildman–Crippen LogP) is 2.82. The zero-order valence-corrected chi connectivity index (χ0v) is 9.52. The Bertz CT molecular complexity index is 246. The first-order valence-electron chi connectivity index (χ1n) is 5.14. The Kier molecular flexibility index (Phi) is 5.64. The van der Waals surface area contributed by atoms with Crippen molar-refractivity contribution in [3.8, 4) is 0 Å². The molecule has 0 aliphatic carbocycles. The van der Waals surface area contributed by atoms with Crippen molar-refractivity contribution in [1.82, 2.24) is 4.98 Å². The van der Waals surface area contributed by atoms with Crippen LogP contribution in [0.15, 0.2) is 23.2 Å². The van der Waals surface area contributed by atoms with Crippen LogP contribution in [0.4, 0.5) is 0 Å². The molecular weight excluding hydrogens is 192 g/mol. The van der Waals surface area contributed by atoms with E-state index < -0.39 is 0 Å². The summed E-state index contributed by atoms with van der Waals surface area (Å²) in [5, 5.41) is 0. The van der Waals surface area contributed by atoms with Gasteiger partial charge in [0.15, 0.2) is 0 Å². The minimum absolute atomic E-state index is 0.529. The van der Waals surface area contributed by atoms with Crippen LogP contribution < -0.4 is 5.73 Å². The molecular formula is C11H18N2S.